The summed E-state index contributed by atoms with van der Waals surface area (Å²) >= 11 is 6.01. The average molecular weight is 419 g/mol. The van der Waals surface area contributed by atoms with Crippen molar-refractivity contribution in [1.82, 2.24) is 0 Å². The van der Waals surface area contributed by atoms with Crippen molar-refractivity contribution in [3.63, 3.8) is 0 Å². The number of imide groups is 1. The molecular weight excluding hydrogens is 400 g/mol. The number of anilines is 2. The van der Waals surface area contributed by atoms with Crippen LogP contribution in [0.3, 0.4) is 0 Å². The van der Waals surface area contributed by atoms with Crippen LogP contribution in [-0.4, -0.2) is 18.9 Å². The topological polar surface area (TPSA) is 58.6 Å². The predicted octanol–water partition coefficient (Wildman–Crippen LogP) is 5.05. The van der Waals surface area contributed by atoms with Crippen LogP contribution in [0.2, 0.25) is 5.02 Å². The van der Waals surface area contributed by atoms with Crippen LogP contribution < -0.4 is 15.0 Å². The van der Waals surface area contributed by atoms with Gasteiger partial charge in [-0.25, -0.2) is 4.90 Å². The number of nitrogens with one attached hydrogen (secondary N) is 1. The molecule has 0 bridgehead atoms. The number of carbonyl (C=O) groups excluding carboxylic acids is 2. The molecule has 6 heteroatoms. The molecule has 0 unspecified atom stereocenters. The highest BCUT2D eigenvalue weighted by Crippen LogP contribution is 2.34. The molecule has 3 aromatic rings. The molecule has 0 fully saturated rings. The van der Waals surface area contributed by atoms with E-state index < -0.39 is 11.8 Å². The van der Waals surface area contributed by atoms with Crippen LogP contribution >= 0.6 is 11.6 Å². The molecule has 1 N–H and O–H groups in total. The molecule has 2 amide bonds. The van der Waals surface area contributed by atoms with E-state index in [0.717, 1.165) is 11.3 Å². The van der Waals surface area contributed by atoms with Crippen molar-refractivity contribution in [3.05, 3.63) is 94.6 Å². The molecule has 1 heterocycles. The zero-order valence-electron chi connectivity index (χ0n) is 16.5. The van der Waals surface area contributed by atoms with Gasteiger partial charge in [-0.05, 0) is 61.0 Å². The summed E-state index contributed by atoms with van der Waals surface area (Å²) in [6, 6.07) is 21.3. The minimum absolute atomic E-state index is 0.224. The summed E-state index contributed by atoms with van der Waals surface area (Å²) in [5.74, 6) is -0.181. The van der Waals surface area contributed by atoms with Crippen molar-refractivity contribution >= 4 is 40.4 Å². The average Bonchev–Trinajstić information content (AvgIpc) is 3.00. The van der Waals surface area contributed by atoms with Crippen LogP contribution in [0.1, 0.15) is 11.1 Å². The van der Waals surface area contributed by atoms with E-state index in [0.29, 0.717) is 27.6 Å². The lowest BCUT2D eigenvalue weighted by molar-refractivity contribution is -0.120. The number of halogens is 1. The van der Waals surface area contributed by atoms with Gasteiger partial charge in [-0.2, -0.15) is 0 Å². The Labute approximate surface area is 179 Å². The van der Waals surface area contributed by atoms with Crippen LogP contribution in [0.15, 0.2) is 78.5 Å². The molecule has 0 saturated heterocycles. The molecule has 0 saturated carbocycles. The summed E-state index contributed by atoms with van der Waals surface area (Å²) < 4.78 is 5.17. The molecule has 4 rings (SSSR count). The summed E-state index contributed by atoms with van der Waals surface area (Å²) in [5, 5.41) is 3.70. The SMILES string of the molecule is COc1ccc(N2C(=O)C(Nc3ccc(C)cc3)=C(c3ccc(Cl)cc3)C2=O)cc1. The molecule has 3 aromatic carbocycles. The number of aryl methyl sites for hydroxylation is 1. The number of hydrogen-bond donors (Lipinski definition) is 1. The number of ether oxygens (including phenoxy) is 1. The number of benzene rings is 3. The summed E-state index contributed by atoms with van der Waals surface area (Å²) in [5.41, 5.74) is 3.43. The minimum atomic E-state index is -0.421. The lowest BCUT2D eigenvalue weighted by atomic mass is 10.0. The van der Waals surface area contributed by atoms with E-state index in [1.54, 1.807) is 55.6 Å². The highest BCUT2D eigenvalue weighted by atomic mass is 35.5. The number of carbonyl (C=O) groups is 2. The summed E-state index contributed by atoms with van der Waals surface area (Å²) in [6.45, 7) is 1.98. The van der Waals surface area contributed by atoms with Crippen molar-refractivity contribution < 1.29 is 14.3 Å². The molecule has 0 atom stereocenters. The van der Waals surface area contributed by atoms with Crippen molar-refractivity contribution in [2.75, 3.05) is 17.3 Å². The lowest BCUT2D eigenvalue weighted by Gasteiger charge is -2.16. The first-order valence-corrected chi connectivity index (χ1v) is 9.72. The van der Waals surface area contributed by atoms with E-state index in [-0.39, 0.29) is 5.70 Å². The van der Waals surface area contributed by atoms with E-state index in [9.17, 15) is 9.59 Å². The third-order valence-electron chi connectivity index (χ3n) is 4.87. The monoisotopic (exact) mass is 418 g/mol. The maximum absolute atomic E-state index is 13.4. The first-order valence-electron chi connectivity index (χ1n) is 9.34. The molecule has 150 valence electrons. The van der Waals surface area contributed by atoms with Crippen LogP contribution in [0.25, 0.3) is 5.57 Å². The Bertz CT molecular complexity index is 1130. The molecule has 0 aliphatic carbocycles. The largest absolute Gasteiger partial charge is 0.497 e. The molecule has 0 radical (unpaired) electrons. The van der Waals surface area contributed by atoms with E-state index in [1.807, 2.05) is 31.2 Å². The Hall–Kier alpha value is -3.57. The van der Waals surface area contributed by atoms with E-state index >= 15 is 0 Å². The standard InChI is InChI=1S/C24H19ClN2O3/c1-15-3-9-18(10-4-15)26-22-21(16-5-7-17(25)8-6-16)23(28)27(24(22)29)19-11-13-20(30-2)14-12-19/h3-14,26H,1-2H3. The Kier molecular flexibility index (Phi) is 5.29. The second-order valence-electron chi connectivity index (χ2n) is 6.89. The predicted molar refractivity (Wildman–Crippen MR) is 119 cm³/mol. The second-order valence-corrected chi connectivity index (χ2v) is 7.33. The first kappa shape index (κ1) is 19.7. The molecule has 0 spiro atoms. The third kappa shape index (κ3) is 3.67. The Morgan fingerprint density at radius 2 is 1.47 bits per heavy atom. The van der Waals surface area contributed by atoms with E-state index in [1.165, 1.54) is 4.90 Å². The molecule has 0 aromatic heterocycles. The lowest BCUT2D eigenvalue weighted by Crippen LogP contribution is -2.32. The summed E-state index contributed by atoms with van der Waals surface area (Å²) in [7, 11) is 1.56. The molecule has 30 heavy (non-hydrogen) atoms. The van der Waals surface area contributed by atoms with Crippen molar-refractivity contribution in [3.8, 4) is 5.75 Å². The summed E-state index contributed by atoms with van der Waals surface area (Å²) in [6.07, 6.45) is 0. The highest BCUT2D eigenvalue weighted by molar-refractivity contribution is 6.46. The smallest absolute Gasteiger partial charge is 0.282 e. The summed E-state index contributed by atoms with van der Waals surface area (Å²) in [4.78, 5) is 27.8. The fourth-order valence-electron chi connectivity index (χ4n) is 3.28. The van der Waals surface area contributed by atoms with Gasteiger partial charge in [0.1, 0.15) is 11.4 Å². The molecule has 1 aliphatic heterocycles. The number of methoxy groups -OCH3 is 1. The minimum Gasteiger partial charge on any atom is -0.497 e. The first-order chi connectivity index (χ1) is 14.5. The van der Waals surface area contributed by atoms with Gasteiger partial charge in [0.05, 0.1) is 18.4 Å². The van der Waals surface area contributed by atoms with E-state index in [4.69, 9.17) is 16.3 Å². The number of nitrogens with zero attached hydrogens (tertiary/aromatic N) is 1. The van der Waals surface area contributed by atoms with Crippen molar-refractivity contribution in [2.24, 2.45) is 0 Å². The second kappa shape index (κ2) is 8.05. The quantitative estimate of drug-likeness (QED) is 0.589. The van der Waals surface area contributed by atoms with Gasteiger partial charge in [0.25, 0.3) is 11.8 Å². The van der Waals surface area contributed by atoms with Crippen molar-refractivity contribution in [2.45, 2.75) is 6.92 Å². The van der Waals surface area contributed by atoms with Gasteiger partial charge >= 0.3 is 0 Å². The number of amides is 2. The molecule has 5 nitrogen and oxygen atoms in total. The molecular formula is C24H19ClN2O3. The van der Waals surface area contributed by atoms with Crippen LogP contribution in [0, 0.1) is 6.92 Å². The van der Waals surface area contributed by atoms with Gasteiger partial charge in [-0.3, -0.25) is 9.59 Å². The Morgan fingerprint density at radius 3 is 2.07 bits per heavy atom. The fraction of sp³-hybridized carbons (Fsp3) is 0.0833. The van der Waals surface area contributed by atoms with Gasteiger partial charge in [0.15, 0.2) is 0 Å². The Balaban J connectivity index is 1.78. The van der Waals surface area contributed by atoms with Crippen LogP contribution in [0.5, 0.6) is 5.75 Å². The third-order valence-corrected chi connectivity index (χ3v) is 5.12. The van der Waals surface area contributed by atoms with Gasteiger partial charge in [-0.1, -0.05) is 41.4 Å². The number of rotatable bonds is 5. The van der Waals surface area contributed by atoms with Crippen LogP contribution in [-0.2, 0) is 9.59 Å². The maximum Gasteiger partial charge on any atom is 0.282 e. The Morgan fingerprint density at radius 1 is 0.833 bits per heavy atom. The zero-order chi connectivity index (χ0) is 21.3. The van der Waals surface area contributed by atoms with E-state index in [2.05, 4.69) is 5.32 Å². The van der Waals surface area contributed by atoms with Gasteiger partial charge < -0.3 is 10.1 Å². The molecule has 1 aliphatic rings. The normalized spacial score (nSPS) is 13.8. The maximum atomic E-state index is 13.4. The van der Waals surface area contributed by atoms with Gasteiger partial charge in [0.2, 0.25) is 0 Å². The van der Waals surface area contributed by atoms with Gasteiger partial charge in [-0.15, -0.1) is 0 Å². The fourth-order valence-corrected chi connectivity index (χ4v) is 3.40. The van der Waals surface area contributed by atoms with Gasteiger partial charge in [0, 0.05) is 10.7 Å². The zero-order valence-corrected chi connectivity index (χ0v) is 17.2. The van der Waals surface area contributed by atoms with Crippen molar-refractivity contribution in [1.29, 1.82) is 0 Å². The number of hydrogen-bond acceptors (Lipinski definition) is 4. The highest BCUT2D eigenvalue weighted by Gasteiger charge is 2.40. The van der Waals surface area contributed by atoms with Crippen LogP contribution in [0.4, 0.5) is 11.4 Å².